The molecule has 0 aliphatic carbocycles. The highest BCUT2D eigenvalue weighted by Gasteiger charge is 2.16. The molecule has 0 aliphatic heterocycles. The Labute approximate surface area is 218 Å². The van der Waals surface area contributed by atoms with E-state index in [0.29, 0.717) is 43.3 Å². The first-order valence-corrected chi connectivity index (χ1v) is 12.1. The number of aromatic nitrogens is 5. The van der Waals surface area contributed by atoms with Crippen LogP contribution >= 0.6 is 0 Å². The van der Waals surface area contributed by atoms with E-state index in [-0.39, 0.29) is 11.4 Å². The molecule has 2 aromatic heterocycles. The molecule has 0 spiro atoms. The molecule has 0 radical (unpaired) electrons. The Hall–Kier alpha value is -4.57. The van der Waals surface area contributed by atoms with Gasteiger partial charge in [-0.3, -0.25) is 9.69 Å². The lowest BCUT2D eigenvalue weighted by atomic mass is 10.1. The molecule has 2 heterocycles. The van der Waals surface area contributed by atoms with Crippen LogP contribution in [0.3, 0.4) is 0 Å². The maximum atomic E-state index is 13.4. The van der Waals surface area contributed by atoms with E-state index >= 15 is 0 Å². The van der Waals surface area contributed by atoms with Crippen LogP contribution in [0.15, 0.2) is 77.6 Å². The van der Waals surface area contributed by atoms with E-state index in [4.69, 9.17) is 9.47 Å². The minimum Gasteiger partial charge on any atom is -0.497 e. The van der Waals surface area contributed by atoms with Crippen LogP contribution in [0.5, 0.6) is 11.5 Å². The van der Waals surface area contributed by atoms with Crippen LogP contribution in [-0.2, 0) is 26.2 Å². The Morgan fingerprint density at radius 2 is 1.58 bits per heavy atom. The number of hydrogen-bond acceptors (Lipinski definition) is 7. The Balaban J connectivity index is 1.44. The van der Waals surface area contributed by atoms with Gasteiger partial charge in [0.05, 0.1) is 27.3 Å². The summed E-state index contributed by atoms with van der Waals surface area (Å²) in [6, 6.07) is 21.5. The van der Waals surface area contributed by atoms with E-state index in [1.807, 2.05) is 48.5 Å². The lowest BCUT2D eigenvalue weighted by Gasteiger charge is -2.22. The molecule has 0 fully saturated rings. The van der Waals surface area contributed by atoms with Crippen LogP contribution in [0.4, 0.5) is 4.39 Å². The van der Waals surface area contributed by atoms with Crippen molar-refractivity contribution in [2.24, 2.45) is 0 Å². The van der Waals surface area contributed by atoms with Gasteiger partial charge in [0.2, 0.25) is 0 Å². The number of aromatic amines is 1. The first-order valence-electron chi connectivity index (χ1n) is 12.1. The molecule has 10 heteroatoms. The van der Waals surface area contributed by atoms with Crippen LogP contribution < -0.4 is 15.0 Å². The van der Waals surface area contributed by atoms with Crippen LogP contribution in [0.25, 0.3) is 10.9 Å². The number of halogens is 1. The largest absolute Gasteiger partial charge is 0.497 e. The summed E-state index contributed by atoms with van der Waals surface area (Å²) < 4.78 is 25.7. The van der Waals surface area contributed by atoms with Crippen molar-refractivity contribution >= 4 is 10.9 Å². The number of fused-ring (bicyclic) bond motifs is 1. The number of nitrogens with one attached hydrogen (secondary N) is 1. The Kier molecular flexibility index (Phi) is 7.41. The summed E-state index contributed by atoms with van der Waals surface area (Å²) in [6.45, 7) is 1.69. The molecule has 0 atom stereocenters. The van der Waals surface area contributed by atoms with Crippen molar-refractivity contribution in [1.29, 1.82) is 0 Å². The average molecular weight is 515 g/mol. The molecule has 0 saturated carbocycles. The molecule has 194 valence electrons. The Morgan fingerprint density at radius 1 is 0.868 bits per heavy atom. The number of benzene rings is 3. The number of nitrogens with zero attached hydrogens (tertiary/aromatic N) is 5. The summed E-state index contributed by atoms with van der Waals surface area (Å²) in [5, 5.41) is 13.1. The maximum Gasteiger partial charge on any atom is 0.252 e. The molecular weight excluding hydrogens is 487 g/mol. The number of ether oxygens (including phenoxy) is 2. The van der Waals surface area contributed by atoms with Gasteiger partial charge in [-0.15, -0.1) is 5.10 Å². The second-order valence-electron chi connectivity index (χ2n) is 8.95. The second-order valence-corrected chi connectivity index (χ2v) is 8.95. The van der Waals surface area contributed by atoms with Crippen molar-refractivity contribution in [3.05, 3.63) is 111 Å². The molecule has 1 N–H and O–H groups in total. The molecule has 5 aromatic rings. The van der Waals surface area contributed by atoms with Gasteiger partial charge < -0.3 is 14.5 Å². The summed E-state index contributed by atoms with van der Waals surface area (Å²) in [7, 11) is 3.24. The predicted molar refractivity (Wildman–Crippen MR) is 140 cm³/mol. The number of rotatable bonds is 10. The smallest absolute Gasteiger partial charge is 0.252 e. The van der Waals surface area contributed by atoms with Gasteiger partial charge in [-0.1, -0.05) is 24.3 Å². The maximum absolute atomic E-state index is 13.4. The third-order valence-electron chi connectivity index (χ3n) is 6.30. The monoisotopic (exact) mass is 514 g/mol. The Bertz CT molecular complexity index is 1580. The summed E-state index contributed by atoms with van der Waals surface area (Å²) in [6.07, 6.45) is 0. The molecule has 38 heavy (non-hydrogen) atoms. The van der Waals surface area contributed by atoms with Gasteiger partial charge >= 0.3 is 0 Å². The zero-order valence-electron chi connectivity index (χ0n) is 21.1. The van der Waals surface area contributed by atoms with Gasteiger partial charge in [-0.05, 0) is 70.1 Å². The first kappa shape index (κ1) is 25.1. The average Bonchev–Trinajstić information content (AvgIpc) is 3.36. The molecule has 9 nitrogen and oxygen atoms in total. The molecule has 0 amide bonds. The molecule has 0 unspecified atom stereocenters. The summed E-state index contributed by atoms with van der Waals surface area (Å²) >= 11 is 0. The molecule has 5 rings (SSSR count). The van der Waals surface area contributed by atoms with Crippen LogP contribution in [0.1, 0.15) is 22.5 Å². The fourth-order valence-electron chi connectivity index (χ4n) is 4.29. The van der Waals surface area contributed by atoms with Gasteiger partial charge in [-0.2, -0.15) is 0 Å². The predicted octanol–water partition coefficient (Wildman–Crippen LogP) is 3.92. The third kappa shape index (κ3) is 5.87. The van der Waals surface area contributed by atoms with Crippen molar-refractivity contribution in [3.63, 3.8) is 0 Å². The van der Waals surface area contributed by atoms with Crippen molar-refractivity contribution in [2.75, 3.05) is 14.2 Å². The topological polar surface area (TPSA) is 98.2 Å². The zero-order chi connectivity index (χ0) is 26.5. The van der Waals surface area contributed by atoms with E-state index in [9.17, 15) is 9.18 Å². The minimum absolute atomic E-state index is 0.159. The number of H-pyrrole nitrogens is 1. The number of pyridine rings is 1. The van der Waals surface area contributed by atoms with Crippen molar-refractivity contribution in [1.82, 2.24) is 30.1 Å². The van der Waals surface area contributed by atoms with Crippen molar-refractivity contribution in [3.8, 4) is 11.5 Å². The molecule has 3 aromatic carbocycles. The number of methoxy groups -OCH3 is 2. The van der Waals surface area contributed by atoms with Gasteiger partial charge in [0, 0.05) is 29.6 Å². The zero-order valence-corrected chi connectivity index (χ0v) is 21.1. The number of hydrogen-bond donors (Lipinski definition) is 1. The Morgan fingerprint density at radius 3 is 2.32 bits per heavy atom. The second kappa shape index (κ2) is 11.2. The molecule has 0 bridgehead atoms. The van der Waals surface area contributed by atoms with Crippen molar-refractivity contribution in [2.45, 2.75) is 26.2 Å². The normalized spacial score (nSPS) is 11.3. The van der Waals surface area contributed by atoms with Crippen LogP contribution in [0.2, 0.25) is 0 Å². The summed E-state index contributed by atoms with van der Waals surface area (Å²) in [5.41, 5.74) is 3.11. The highest BCUT2D eigenvalue weighted by Crippen LogP contribution is 2.21. The summed E-state index contributed by atoms with van der Waals surface area (Å²) in [4.78, 5) is 18.1. The SMILES string of the molecule is COc1ccc(CN(Cc2cc3cc(OC)ccc3[nH]c2=O)Cc2nnnn2Cc2ccc(F)cc2)cc1. The van der Waals surface area contributed by atoms with Gasteiger partial charge in [0.1, 0.15) is 17.3 Å². The van der Waals surface area contributed by atoms with Gasteiger partial charge in [-0.25, -0.2) is 9.07 Å². The minimum atomic E-state index is -0.297. The van der Waals surface area contributed by atoms with Gasteiger partial charge in [0.15, 0.2) is 5.82 Å². The fraction of sp³-hybridized carbons (Fsp3) is 0.214. The molecular formula is C28H27FN6O3. The van der Waals surface area contributed by atoms with E-state index in [0.717, 1.165) is 27.8 Å². The highest BCUT2D eigenvalue weighted by molar-refractivity contribution is 5.80. The van der Waals surface area contributed by atoms with Crippen molar-refractivity contribution < 1.29 is 13.9 Å². The quantitative estimate of drug-likeness (QED) is 0.302. The standard InChI is InChI=1S/C28H27FN6O3/c1-37-24-9-5-19(6-10-24)15-34(17-22-13-21-14-25(38-2)11-12-26(21)30-28(22)36)18-27-31-32-33-35(27)16-20-3-7-23(29)8-4-20/h3-14H,15-18H2,1-2H3,(H,30,36). The lowest BCUT2D eigenvalue weighted by molar-refractivity contribution is 0.236. The number of tetrazole rings is 1. The van der Waals surface area contributed by atoms with Gasteiger partial charge in [0.25, 0.3) is 5.56 Å². The van der Waals surface area contributed by atoms with E-state index in [1.165, 1.54) is 12.1 Å². The highest BCUT2D eigenvalue weighted by atomic mass is 19.1. The van der Waals surface area contributed by atoms with E-state index in [1.54, 1.807) is 31.0 Å². The third-order valence-corrected chi connectivity index (χ3v) is 6.30. The lowest BCUT2D eigenvalue weighted by Crippen LogP contribution is -2.28. The van der Waals surface area contributed by atoms with E-state index < -0.39 is 0 Å². The first-order chi connectivity index (χ1) is 18.5. The fourth-order valence-corrected chi connectivity index (χ4v) is 4.29. The van der Waals surface area contributed by atoms with E-state index in [2.05, 4.69) is 25.4 Å². The summed E-state index contributed by atoms with van der Waals surface area (Å²) in [5.74, 6) is 1.81. The van der Waals surface area contributed by atoms with Crippen LogP contribution in [0, 0.1) is 5.82 Å². The molecule has 0 aliphatic rings. The molecule has 0 saturated heterocycles. The van der Waals surface area contributed by atoms with Crippen LogP contribution in [-0.4, -0.2) is 44.3 Å².